The number of benzene rings is 1. The first-order chi connectivity index (χ1) is 11.7. The van der Waals surface area contributed by atoms with Crippen molar-refractivity contribution in [1.29, 1.82) is 0 Å². The van der Waals surface area contributed by atoms with Crippen LogP contribution in [0.2, 0.25) is 0 Å². The molecule has 1 atom stereocenters. The van der Waals surface area contributed by atoms with Gasteiger partial charge in [-0.15, -0.1) is 11.3 Å². The second kappa shape index (κ2) is 7.70. The van der Waals surface area contributed by atoms with Crippen molar-refractivity contribution >= 4 is 23.0 Å². The van der Waals surface area contributed by atoms with Crippen LogP contribution in [0, 0.1) is 6.92 Å². The summed E-state index contributed by atoms with van der Waals surface area (Å²) in [7, 11) is 0. The van der Waals surface area contributed by atoms with Gasteiger partial charge in [0, 0.05) is 17.8 Å². The largest absolute Gasteiger partial charge is 0.395 e. The molecular weight excluding hydrogens is 322 g/mol. The Hall–Kier alpha value is -2.02. The van der Waals surface area contributed by atoms with E-state index in [1.54, 1.807) is 16.3 Å². The number of nitrogens with one attached hydrogen (secondary N) is 1. The van der Waals surface area contributed by atoms with E-state index in [-0.39, 0.29) is 25.1 Å². The van der Waals surface area contributed by atoms with Crippen LogP contribution < -0.4 is 5.32 Å². The highest BCUT2D eigenvalue weighted by atomic mass is 32.1. The van der Waals surface area contributed by atoms with Crippen molar-refractivity contribution in [3.8, 4) is 0 Å². The SMILES string of the molecule is Cc1ccc(C2=NN(C(=O)CNCCO)[C@H](c3cccs3)C2)cc1. The molecule has 6 heteroatoms. The van der Waals surface area contributed by atoms with Gasteiger partial charge >= 0.3 is 0 Å². The summed E-state index contributed by atoms with van der Waals surface area (Å²) in [5, 5.41) is 20.0. The fourth-order valence-electron chi connectivity index (χ4n) is 2.72. The highest BCUT2D eigenvalue weighted by Crippen LogP contribution is 2.35. The van der Waals surface area contributed by atoms with E-state index < -0.39 is 0 Å². The van der Waals surface area contributed by atoms with E-state index in [9.17, 15) is 4.79 Å². The second-order valence-corrected chi connectivity index (χ2v) is 6.77. The molecule has 0 unspecified atom stereocenters. The Morgan fingerprint density at radius 1 is 1.38 bits per heavy atom. The van der Waals surface area contributed by atoms with Gasteiger partial charge in [-0.3, -0.25) is 4.79 Å². The van der Waals surface area contributed by atoms with Crippen molar-refractivity contribution in [2.45, 2.75) is 19.4 Å². The number of aliphatic hydroxyl groups excluding tert-OH is 1. The first kappa shape index (κ1) is 16.8. The van der Waals surface area contributed by atoms with Gasteiger partial charge in [0.15, 0.2) is 0 Å². The summed E-state index contributed by atoms with van der Waals surface area (Å²) in [6.45, 7) is 2.64. The average molecular weight is 343 g/mol. The Balaban J connectivity index is 1.82. The Bertz CT molecular complexity index is 710. The third-order valence-electron chi connectivity index (χ3n) is 3.99. The molecule has 1 aromatic heterocycles. The zero-order valence-corrected chi connectivity index (χ0v) is 14.4. The number of hydrogen-bond acceptors (Lipinski definition) is 5. The van der Waals surface area contributed by atoms with Gasteiger partial charge in [-0.2, -0.15) is 5.10 Å². The Morgan fingerprint density at radius 3 is 2.83 bits per heavy atom. The number of aliphatic hydroxyl groups is 1. The predicted molar refractivity (Wildman–Crippen MR) is 96.2 cm³/mol. The molecule has 2 aromatic rings. The van der Waals surface area contributed by atoms with Crippen LogP contribution in [-0.4, -0.2) is 41.4 Å². The first-order valence-electron chi connectivity index (χ1n) is 8.00. The number of thiophene rings is 1. The lowest BCUT2D eigenvalue weighted by Gasteiger charge is -2.20. The third kappa shape index (κ3) is 3.72. The second-order valence-electron chi connectivity index (χ2n) is 5.79. The monoisotopic (exact) mass is 343 g/mol. The van der Waals surface area contributed by atoms with Crippen molar-refractivity contribution < 1.29 is 9.90 Å². The molecule has 3 rings (SSSR count). The molecule has 24 heavy (non-hydrogen) atoms. The molecule has 2 heterocycles. The molecule has 1 aliphatic rings. The van der Waals surface area contributed by atoms with E-state index in [1.807, 2.05) is 17.5 Å². The van der Waals surface area contributed by atoms with Gasteiger partial charge in [0.05, 0.1) is 24.9 Å². The van der Waals surface area contributed by atoms with Crippen molar-refractivity contribution in [3.05, 3.63) is 57.8 Å². The van der Waals surface area contributed by atoms with Gasteiger partial charge in [0.25, 0.3) is 5.91 Å². The van der Waals surface area contributed by atoms with E-state index in [4.69, 9.17) is 5.11 Å². The van der Waals surface area contributed by atoms with Crippen LogP contribution in [0.1, 0.15) is 28.5 Å². The molecule has 1 amide bonds. The Morgan fingerprint density at radius 2 is 2.17 bits per heavy atom. The maximum atomic E-state index is 12.5. The van der Waals surface area contributed by atoms with Crippen LogP contribution in [0.5, 0.6) is 0 Å². The van der Waals surface area contributed by atoms with Gasteiger partial charge in [-0.25, -0.2) is 5.01 Å². The number of aryl methyl sites for hydroxylation is 1. The third-order valence-corrected chi connectivity index (χ3v) is 4.96. The molecule has 5 nitrogen and oxygen atoms in total. The number of carbonyl (C=O) groups is 1. The minimum Gasteiger partial charge on any atom is -0.395 e. The molecule has 1 aromatic carbocycles. The molecule has 0 spiro atoms. The molecule has 1 aliphatic heterocycles. The standard InChI is InChI=1S/C18H21N3O2S/c1-13-4-6-14(7-5-13)15-11-16(17-3-2-10-24-17)21(20-15)18(23)12-19-8-9-22/h2-7,10,16,19,22H,8-9,11-12H2,1H3/t16-/m0/s1. The Kier molecular flexibility index (Phi) is 5.40. The van der Waals surface area contributed by atoms with E-state index in [0.29, 0.717) is 6.54 Å². The highest BCUT2D eigenvalue weighted by Gasteiger charge is 2.33. The molecule has 0 radical (unpaired) electrons. The van der Waals surface area contributed by atoms with Crippen LogP contribution in [0.15, 0.2) is 46.9 Å². The Labute approximate surface area is 145 Å². The summed E-state index contributed by atoms with van der Waals surface area (Å²) in [5.41, 5.74) is 3.19. The fraction of sp³-hybridized carbons (Fsp3) is 0.333. The van der Waals surface area contributed by atoms with E-state index >= 15 is 0 Å². The molecule has 0 fully saturated rings. The smallest absolute Gasteiger partial charge is 0.257 e. The fourth-order valence-corrected chi connectivity index (χ4v) is 3.53. The van der Waals surface area contributed by atoms with Crippen molar-refractivity contribution in [3.63, 3.8) is 0 Å². The van der Waals surface area contributed by atoms with Crippen LogP contribution in [0.3, 0.4) is 0 Å². The number of rotatable bonds is 6. The van der Waals surface area contributed by atoms with Gasteiger partial charge in [-0.1, -0.05) is 35.9 Å². The maximum Gasteiger partial charge on any atom is 0.257 e. The normalized spacial score (nSPS) is 17.2. The maximum absolute atomic E-state index is 12.5. The lowest BCUT2D eigenvalue weighted by atomic mass is 10.0. The minimum absolute atomic E-state index is 0.0134. The molecule has 126 valence electrons. The van der Waals surface area contributed by atoms with Gasteiger partial charge in [0.1, 0.15) is 0 Å². The lowest BCUT2D eigenvalue weighted by molar-refractivity contribution is -0.132. The quantitative estimate of drug-likeness (QED) is 0.791. The van der Waals surface area contributed by atoms with Crippen LogP contribution in [0.4, 0.5) is 0 Å². The van der Waals surface area contributed by atoms with Gasteiger partial charge in [0.2, 0.25) is 0 Å². The molecule has 0 saturated carbocycles. The molecule has 0 bridgehead atoms. The van der Waals surface area contributed by atoms with Crippen LogP contribution >= 0.6 is 11.3 Å². The summed E-state index contributed by atoms with van der Waals surface area (Å²) in [6, 6.07) is 12.2. The first-order valence-corrected chi connectivity index (χ1v) is 8.88. The predicted octanol–water partition coefficient (Wildman–Crippen LogP) is 2.32. The lowest BCUT2D eigenvalue weighted by Crippen LogP contribution is -2.36. The molecule has 0 aliphatic carbocycles. The minimum atomic E-state index is -0.0797. The molecule has 2 N–H and O–H groups in total. The number of hydrazone groups is 1. The molecule has 0 saturated heterocycles. The number of hydrogen-bond donors (Lipinski definition) is 2. The summed E-state index contributed by atoms with van der Waals surface area (Å²) in [6.07, 6.45) is 0.718. The van der Waals surface area contributed by atoms with Crippen molar-refractivity contribution in [1.82, 2.24) is 10.3 Å². The zero-order valence-electron chi connectivity index (χ0n) is 13.6. The van der Waals surface area contributed by atoms with Crippen molar-refractivity contribution in [2.24, 2.45) is 5.10 Å². The zero-order chi connectivity index (χ0) is 16.9. The van der Waals surface area contributed by atoms with E-state index in [1.165, 1.54) is 5.56 Å². The van der Waals surface area contributed by atoms with Gasteiger partial charge < -0.3 is 10.4 Å². The topological polar surface area (TPSA) is 64.9 Å². The summed E-state index contributed by atoms with van der Waals surface area (Å²) in [5.74, 6) is -0.0797. The summed E-state index contributed by atoms with van der Waals surface area (Å²) in [4.78, 5) is 13.7. The molecular formula is C18H21N3O2S. The average Bonchev–Trinajstić information content (AvgIpc) is 3.25. The van der Waals surface area contributed by atoms with Crippen LogP contribution in [-0.2, 0) is 4.79 Å². The van der Waals surface area contributed by atoms with Crippen molar-refractivity contribution in [2.75, 3.05) is 19.7 Å². The van der Waals surface area contributed by atoms with Gasteiger partial charge in [-0.05, 0) is 23.9 Å². The highest BCUT2D eigenvalue weighted by molar-refractivity contribution is 7.10. The summed E-state index contributed by atoms with van der Waals surface area (Å²) < 4.78 is 0. The number of carbonyl (C=O) groups excluding carboxylic acids is 1. The van der Waals surface area contributed by atoms with E-state index in [0.717, 1.165) is 22.6 Å². The number of amides is 1. The number of nitrogens with zero attached hydrogens (tertiary/aromatic N) is 2. The van der Waals surface area contributed by atoms with E-state index in [2.05, 4.69) is 41.6 Å². The summed E-state index contributed by atoms with van der Waals surface area (Å²) >= 11 is 1.64. The van der Waals surface area contributed by atoms with Crippen LogP contribution in [0.25, 0.3) is 0 Å².